The van der Waals surface area contributed by atoms with Crippen molar-refractivity contribution in [1.82, 2.24) is 4.90 Å². The summed E-state index contributed by atoms with van der Waals surface area (Å²) in [6, 6.07) is 8.85. The van der Waals surface area contributed by atoms with Crippen molar-refractivity contribution < 1.29 is 14.3 Å². The molecule has 0 N–H and O–H groups in total. The molecule has 1 heterocycles. The number of carbonyl (C=O) groups excluding carboxylic acids is 1. The number of benzene rings is 1. The number of hydrogen-bond acceptors (Lipinski definition) is 5. The van der Waals surface area contributed by atoms with Gasteiger partial charge in [0.05, 0.1) is 5.56 Å². The number of likely N-dealkylation sites (N-methyl/N-ethyl adjacent to an activating group) is 1. The van der Waals surface area contributed by atoms with Crippen molar-refractivity contribution in [3.05, 3.63) is 29.8 Å². The molecular weight excluding hydrogens is 292 g/mol. The van der Waals surface area contributed by atoms with E-state index >= 15 is 0 Å². The summed E-state index contributed by atoms with van der Waals surface area (Å²) in [5, 5.41) is 8.92. The Balaban J connectivity index is 0.00000220. The highest BCUT2D eigenvalue weighted by molar-refractivity contribution is 5.85. The minimum atomic E-state index is -0.391. The Hall–Kier alpha value is -1.77. The van der Waals surface area contributed by atoms with Crippen molar-refractivity contribution in [2.75, 3.05) is 26.7 Å². The third kappa shape index (κ3) is 5.25. The number of rotatable bonds is 4. The first-order valence-corrected chi connectivity index (χ1v) is 6.69. The predicted octanol–water partition coefficient (Wildman–Crippen LogP) is 2.00. The van der Waals surface area contributed by atoms with Gasteiger partial charge in [-0.2, -0.15) is 5.26 Å². The second kappa shape index (κ2) is 8.50. The van der Waals surface area contributed by atoms with E-state index in [-0.39, 0.29) is 25.1 Å². The Labute approximate surface area is 130 Å². The highest BCUT2D eigenvalue weighted by Crippen LogP contribution is 2.17. The summed E-state index contributed by atoms with van der Waals surface area (Å²) in [5.41, 5.74) is 0.415. The number of carbonyl (C=O) groups is 1. The lowest BCUT2D eigenvalue weighted by atomic mass is 10.1. The Morgan fingerprint density at radius 3 is 2.95 bits per heavy atom. The fraction of sp³-hybridized carbons (Fsp3) is 0.467. The molecule has 0 amide bonds. The topological polar surface area (TPSA) is 62.6 Å². The van der Waals surface area contributed by atoms with Crippen LogP contribution in [-0.2, 0) is 9.53 Å². The number of piperidine rings is 1. The molecule has 0 saturated carbocycles. The number of likely N-dealkylation sites (tertiary alicyclic amines) is 1. The van der Waals surface area contributed by atoms with Crippen LogP contribution < -0.4 is 4.74 Å². The number of halogens is 1. The molecule has 0 aliphatic carbocycles. The molecule has 1 aromatic carbocycles. The van der Waals surface area contributed by atoms with E-state index in [0.29, 0.717) is 11.3 Å². The minimum absolute atomic E-state index is 0. The van der Waals surface area contributed by atoms with Crippen LogP contribution in [0.1, 0.15) is 18.4 Å². The summed E-state index contributed by atoms with van der Waals surface area (Å²) in [6.45, 7) is 1.64. The number of ether oxygens (including phenoxy) is 2. The van der Waals surface area contributed by atoms with E-state index in [4.69, 9.17) is 14.7 Å². The summed E-state index contributed by atoms with van der Waals surface area (Å²) in [4.78, 5) is 13.9. The standard InChI is InChI=1S/C15H18N2O3.ClH/c1-17-8-4-6-13(10-17)20-15(18)11-19-14-7-3-2-5-12(14)9-16;/h2-3,5,7,13H,4,6,8,10-11H2,1H3;1H. The van der Waals surface area contributed by atoms with Crippen LogP contribution in [0, 0.1) is 11.3 Å². The minimum Gasteiger partial charge on any atom is -0.481 e. The molecule has 1 aliphatic rings. The summed E-state index contributed by atoms with van der Waals surface area (Å²) in [7, 11) is 2.01. The zero-order valence-electron chi connectivity index (χ0n) is 11.9. The second-order valence-corrected chi connectivity index (χ2v) is 4.91. The van der Waals surface area contributed by atoms with E-state index in [1.807, 2.05) is 13.1 Å². The maximum absolute atomic E-state index is 11.7. The van der Waals surface area contributed by atoms with E-state index < -0.39 is 5.97 Å². The van der Waals surface area contributed by atoms with Crippen LogP contribution in [-0.4, -0.2) is 43.7 Å². The molecule has 1 saturated heterocycles. The molecule has 1 atom stereocenters. The van der Waals surface area contributed by atoms with E-state index in [0.717, 1.165) is 25.9 Å². The van der Waals surface area contributed by atoms with Gasteiger partial charge in [0, 0.05) is 6.54 Å². The van der Waals surface area contributed by atoms with Crippen LogP contribution in [0.2, 0.25) is 0 Å². The second-order valence-electron chi connectivity index (χ2n) is 4.91. The van der Waals surface area contributed by atoms with Gasteiger partial charge in [-0.15, -0.1) is 12.4 Å². The van der Waals surface area contributed by atoms with Gasteiger partial charge in [0.25, 0.3) is 0 Å². The third-order valence-corrected chi connectivity index (χ3v) is 3.23. The number of nitrogens with zero attached hydrogens (tertiary/aromatic N) is 2. The van der Waals surface area contributed by atoms with Crippen LogP contribution in [0.4, 0.5) is 0 Å². The summed E-state index contributed by atoms with van der Waals surface area (Å²) in [5.74, 6) is 0.0192. The Morgan fingerprint density at radius 1 is 1.48 bits per heavy atom. The highest BCUT2D eigenvalue weighted by atomic mass is 35.5. The normalized spacial score (nSPS) is 18.2. The lowest BCUT2D eigenvalue weighted by Gasteiger charge is -2.29. The Bertz CT molecular complexity index is 516. The smallest absolute Gasteiger partial charge is 0.344 e. The number of hydrogen-bond donors (Lipinski definition) is 0. The average Bonchev–Trinajstić information content (AvgIpc) is 2.45. The maximum Gasteiger partial charge on any atom is 0.344 e. The molecule has 21 heavy (non-hydrogen) atoms. The highest BCUT2D eigenvalue weighted by Gasteiger charge is 2.21. The zero-order valence-corrected chi connectivity index (χ0v) is 12.8. The first kappa shape index (κ1) is 17.3. The molecule has 114 valence electrons. The van der Waals surface area contributed by atoms with E-state index in [2.05, 4.69) is 4.90 Å². The van der Waals surface area contributed by atoms with Gasteiger partial charge in [-0.25, -0.2) is 4.79 Å². The average molecular weight is 311 g/mol. The molecule has 0 aromatic heterocycles. The fourth-order valence-electron chi connectivity index (χ4n) is 2.26. The molecule has 1 fully saturated rings. The van der Waals surface area contributed by atoms with Gasteiger partial charge in [0.1, 0.15) is 17.9 Å². The molecule has 5 nitrogen and oxygen atoms in total. The quantitative estimate of drug-likeness (QED) is 0.796. The largest absolute Gasteiger partial charge is 0.481 e. The monoisotopic (exact) mass is 310 g/mol. The van der Waals surface area contributed by atoms with Crippen LogP contribution in [0.15, 0.2) is 24.3 Å². The summed E-state index contributed by atoms with van der Waals surface area (Å²) in [6.07, 6.45) is 1.87. The molecule has 2 rings (SSSR count). The molecular formula is C15H19ClN2O3. The third-order valence-electron chi connectivity index (χ3n) is 3.23. The molecule has 1 aliphatic heterocycles. The van der Waals surface area contributed by atoms with Crippen LogP contribution in [0.5, 0.6) is 5.75 Å². The van der Waals surface area contributed by atoms with Crippen molar-refractivity contribution in [3.63, 3.8) is 0 Å². The van der Waals surface area contributed by atoms with Gasteiger partial charge in [0.15, 0.2) is 6.61 Å². The van der Waals surface area contributed by atoms with E-state index in [9.17, 15) is 4.79 Å². The van der Waals surface area contributed by atoms with Gasteiger partial charge < -0.3 is 14.4 Å². The van der Waals surface area contributed by atoms with Crippen LogP contribution >= 0.6 is 12.4 Å². The van der Waals surface area contributed by atoms with Crippen molar-refractivity contribution >= 4 is 18.4 Å². The lowest BCUT2D eigenvalue weighted by molar-refractivity contribution is -0.153. The van der Waals surface area contributed by atoms with Crippen LogP contribution in [0.3, 0.4) is 0 Å². The van der Waals surface area contributed by atoms with Crippen molar-refractivity contribution in [1.29, 1.82) is 5.26 Å². The first-order chi connectivity index (χ1) is 9.69. The molecule has 0 bridgehead atoms. The van der Waals surface area contributed by atoms with E-state index in [1.54, 1.807) is 24.3 Å². The fourth-order valence-corrected chi connectivity index (χ4v) is 2.26. The van der Waals surface area contributed by atoms with Gasteiger partial charge in [-0.1, -0.05) is 12.1 Å². The van der Waals surface area contributed by atoms with Crippen molar-refractivity contribution in [2.45, 2.75) is 18.9 Å². The van der Waals surface area contributed by atoms with Crippen molar-refractivity contribution in [3.8, 4) is 11.8 Å². The molecule has 0 radical (unpaired) electrons. The van der Waals surface area contributed by atoms with Gasteiger partial charge in [0.2, 0.25) is 0 Å². The van der Waals surface area contributed by atoms with Crippen molar-refractivity contribution in [2.24, 2.45) is 0 Å². The number of nitriles is 1. The predicted molar refractivity (Wildman–Crippen MR) is 80.5 cm³/mol. The zero-order chi connectivity index (χ0) is 14.4. The molecule has 6 heteroatoms. The SMILES string of the molecule is CN1CCCC(OC(=O)COc2ccccc2C#N)C1.Cl. The van der Waals surface area contributed by atoms with E-state index in [1.165, 1.54) is 0 Å². The lowest BCUT2D eigenvalue weighted by Crippen LogP contribution is -2.38. The number of para-hydroxylation sites is 1. The summed E-state index contributed by atoms with van der Waals surface area (Å²) >= 11 is 0. The van der Waals surface area contributed by atoms with Crippen LogP contribution in [0.25, 0.3) is 0 Å². The number of esters is 1. The summed E-state index contributed by atoms with van der Waals surface area (Å²) < 4.78 is 10.7. The Morgan fingerprint density at radius 2 is 2.24 bits per heavy atom. The Kier molecular flexibility index (Phi) is 7.00. The molecule has 1 unspecified atom stereocenters. The molecule has 0 spiro atoms. The maximum atomic E-state index is 11.7. The first-order valence-electron chi connectivity index (χ1n) is 6.69. The van der Waals surface area contributed by atoms with Gasteiger partial charge in [-0.05, 0) is 38.6 Å². The molecule has 1 aromatic rings. The van der Waals surface area contributed by atoms with Gasteiger partial charge >= 0.3 is 5.97 Å². The van der Waals surface area contributed by atoms with Gasteiger partial charge in [-0.3, -0.25) is 0 Å².